The number of benzene rings is 2. The molecule has 0 aromatic heterocycles. The molecule has 0 bridgehead atoms. The number of hydrogen-bond donors (Lipinski definition) is 0. The highest BCUT2D eigenvalue weighted by atomic mass is 16.6. The maximum absolute atomic E-state index is 6.37. The van der Waals surface area contributed by atoms with Gasteiger partial charge in [0.2, 0.25) is 0 Å². The van der Waals surface area contributed by atoms with Crippen molar-refractivity contribution < 1.29 is 18.6 Å². The minimum absolute atomic E-state index is 0.132. The highest BCUT2D eigenvalue weighted by Gasteiger charge is 2.42. The molecule has 2 heterocycles. The van der Waals surface area contributed by atoms with Gasteiger partial charge in [-0.3, -0.25) is 0 Å². The van der Waals surface area contributed by atoms with Crippen molar-refractivity contribution in [2.45, 2.75) is 91.9 Å². The Morgan fingerprint density at radius 2 is 1.20 bits per heavy atom. The van der Waals surface area contributed by atoms with Crippen LogP contribution in [0.5, 0.6) is 23.0 Å². The highest BCUT2D eigenvalue weighted by molar-refractivity contribution is 6.58. The van der Waals surface area contributed by atoms with Crippen molar-refractivity contribution in [3.63, 3.8) is 0 Å². The number of fused-ring (bicyclic) bond motifs is 3. The summed E-state index contributed by atoms with van der Waals surface area (Å²) in [6.45, 7) is 9.24. The molecule has 0 saturated carbocycles. The summed E-state index contributed by atoms with van der Waals surface area (Å²) in [6, 6.07) is 15.9. The molecule has 2 aliphatic heterocycles. The molecule has 4 aliphatic rings. The summed E-state index contributed by atoms with van der Waals surface area (Å²) >= 11 is 0. The molecule has 0 N–H and O–H groups in total. The molecule has 6 heteroatoms. The second-order valence-electron chi connectivity index (χ2n) is 12.8. The monoisotopic (exact) mass is 588 g/mol. The van der Waals surface area contributed by atoms with Gasteiger partial charge in [-0.05, 0) is 71.7 Å². The van der Waals surface area contributed by atoms with E-state index in [1.54, 1.807) is 0 Å². The predicted molar refractivity (Wildman–Crippen MR) is 181 cm³/mol. The van der Waals surface area contributed by atoms with Crippen molar-refractivity contribution in [2.24, 2.45) is 17.8 Å². The minimum atomic E-state index is -0.490. The smallest absolute Gasteiger partial charge is 0.519 e. The van der Waals surface area contributed by atoms with Crippen molar-refractivity contribution in [3.05, 3.63) is 100 Å². The number of unbranched alkanes of at least 4 members (excludes halogenated alkanes) is 2. The van der Waals surface area contributed by atoms with Crippen LogP contribution in [0.2, 0.25) is 0 Å². The number of hydrogen-bond acceptors (Lipinski definition) is 4. The first-order valence-electron chi connectivity index (χ1n) is 17.1. The van der Waals surface area contributed by atoms with Crippen LogP contribution in [0.25, 0.3) is 0 Å². The Morgan fingerprint density at radius 3 is 1.73 bits per heavy atom. The molecule has 2 aromatic carbocycles. The van der Waals surface area contributed by atoms with E-state index in [2.05, 4.69) is 51.7 Å². The molecule has 0 saturated heterocycles. The molecule has 6 rings (SSSR count). The Labute approximate surface area is 265 Å². The molecule has 0 fully saturated rings. The van der Waals surface area contributed by atoms with Crippen LogP contribution < -0.4 is 18.6 Å². The van der Waals surface area contributed by atoms with Crippen LogP contribution in [0.3, 0.4) is 0 Å². The molecule has 2 aromatic rings. The molecule has 2 aliphatic carbocycles. The van der Waals surface area contributed by atoms with Gasteiger partial charge in [0.05, 0.1) is 5.47 Å². The van der Waals surface area contributed by atoms with Crippen molar-refractivity contribution >= 4 is 14.2 Å². The van der Waals surface area contributed by atoms with Crippen LogP contribution in [0, 0.1) is 17.8 Å². The maximum Gasteiger partial charge on any atom is 0.641 e. The van der Waals surface area contributed by atoms with Gasteiger partial charge in [0, 0.05) is 11.4 Å². The summed E-state index contributed by atoms with van der Waals surface area (Å²) in [5, 5.41) is 0. The van der Waals surface area contributed by atoms with Crippen molar-refractivity contribution in [3.8, 4) is 23.0 Å². The fraction of sp³-hybridized carbons (Fsp3) is 0.447. The maximum atomic E-state index is 6.37. The van der Waals surface area contributed by atoms with E-state index >= 15 is 0 Å². The van der Waals surface area contributed by atoms with Crippen LogP contribution in [0.1, 0.15) is 91.9 Å². The van der Waals surface area contributed by atoms with Crippen LogP contribution in [0.4, 0.5) is 0 Å². The summed E-state index contributed by atoms with van der Waals surface area (Å²) in [7, 11) is -0.930. The first kappa shape index (κ1) is 30.5. The topological polar surface area (TPSA) is 36.9 Å². The molecular weight excluding hydrogens is 542 g/mol. The second-order valence-corrected chi connectivity index (χ2v) is 12.8. The Hall–Kier alpha value is -3.49. The van der Waals surface area contributed by atoms with E-state index in [4.69, 9.17) is 18.6 Å². The summed E-state index contributed by atoms with van der Waals surface area (Å²) < 4.78 is 25.4. The average molecular weight is 588 g/mol. The first-order valence-corrected chi connectivity index (χ1v) is 17.1. The second kappa shape index (κ2) is 14.1. The quantitative estimate of drug-likeness (QED) is 0.163. The van der Waals surface area contributed by atoms with Crippen molar-refractivity contribution in [2.75, 3.05) is 0 Å². The van der Waals surface area contributed by atoms with Gasteiger partial charge >= 0.3 is 14.2 Å². The van der Waals surface area contributed by atoms with E-state index in [-0.39, 0.29) is 5.92 Å². The van der Waals surface area contributed by atoms with E-state index in [9.17, 15) is 0 Å². The summed E-state index contributed by atoms with van der Waals surface area (Å²) in [5.41, 5.74) is 10.0. The van der Waals surface area contributed by atoms with Crippen LogP contribution in [-0.2, 0) is 0 Å². The van der Waals surface area contributed by atoms with E-state index in [1.165, 1.54) is 61.7 Å². The van der Waals surface area contributed by atoms with Crippen molar-refractivity contribution in [1.82, 2.24) is 0 Å². The van der Waals surface area contributed by atoms with Crippen LogP contribution >= 0.6 is 0 Å². The number of para-hydroxylation sites is 4. The Morgan fingerprint density at radius 1 is 0.682 bits per heavy atom. The molecule has 44 heavy (non-hydrogen) atoms. The fourth-order valence-electron chi connectivity index (χ4n) is 6.95. The summed E-state index contributed by atoms with van der Waals surface area (Å²) in [6.07, 6.45) is 18.9. The molecule has 0 spiro atoms. The summed E-state index contributed by atoms with van der Waals surface area (Å²) in [4.78, 5) is 0. The lowest BCUT2D eigenvalue weighted by Gasteiger charge is -2.32. The zero-order valence-electron chi connectivity index (χ0n) is 26.9. The third kappa shape index (κ3) is 6.61. The Kier molecular flexibility index (Phi) is 9.77. The minimum Gasteiger partial charge on any atom is -0.519 e. The zero-order chi connectivity index (χ0) is 30.5. The van der Waals surface area contributed by atoms with Gasteiger partial charge in [-0.1, -0.05) is 115 Å². The Bertz CT molecular complexity index is 1450. The normalized spacial score (nSPS) is 19.5. The van der Waals surface area contributed by atoms with Gasteiger partial charge in [0.1, 0.15) is 23.0 Å². The van der Waals surface area contributed by atoms with Gasteiger partial charge in [-0.15, -0.1) is 5.73 Å². The third-order valence-corrected chi connectivity index (χ3v) is 9.66. The zero-order valence-corrected chi connectivity index (χ0v) is 26.9. The van der Waals surface area contributed by atoms with Crippen LogP contribution in [0.15, 0.2) is 100 Å². The van der Waals surface area contributed by atoms with Gasteiger partial charge in [-0.2, -0.15) is 0 Å². The molecule has 0 amide bonds. The van der Waals surface area contributed by atoms with Gasteiger partial charge in [0.15, 0.2) is 0 Å². The lowest BCUT2D eigenvalue weighted by Crippen LogP contribution is -2.32. The standard InChI is InChI=1S/C38H46B2O4/c1-5-9-15-27(7-3)21-29-23-31(39-41-35-17-11-12-18-36(35)42-39)26-34-30(22-28(8-4)16-10-6-2)24-32(25-33(29)34)40-43-37-19-13-14-20-38(37)44-40/h11-14,17-20,23,25-28,34H,5-10,15-16,21-22H2,1-4H3. The lowest BCUT2D eigenvalue weighted by molar-refractivity contribution is 0.434. The average Bonchev–Trinajstić information content (AvgIpc) is 3.69. The molecule has 0 radical (unpaired) electrons. The van der Waals surface area contributed by atoms with E-state index in [0.29, 0.717) is 11.8 Å². The molecule has 3 unspecified atom stereocenters. The van der Waals surface area contributed by atoms with Gasteiger partial charge in [0.25, 0.3) is 0 Å². The van der Waals surface area contributed by atoms with Gasteiger partial charge < -0.3 is 18.6 Å². The first-order chi connectivity index (χ1) is 21.6. The van der Waals surface area contributed by atoms with Crippen molar-refractivity contribution in [1.29, 1.82) is 0 Å². The van der Waals surface area contributed by atoms with E-state index in [1.807, 2.05) is 48.5 Å². The number of rotatable bonds is 14. The lowest BCUT2D eigenvalue weighted by atomic mass is 9.64. The highest BCUT2D eigenvalue weighted by Crippen LogP contribution is 2.45. The number of allylic oxidation sites excluding steroid dienone is 7. The van der Waals surface area contributed by atoms with Gasteiger partial charge in [-0.25, -0.2) is 0 Å². The third-order valence-electron chi connectivity index (χ3n) is 9.66. The van der Waals surface area contributed by atoms with E-state index in [0.717, 1.165) is 53.2 Å². The molecular formula is C38H46B2O4. The SMILES string of the molecule is CCCCC(CC)CC1=C=C(B2Oc3ccccc3O2)C=C2C(CC(CC)CCCC)=CC(B3Oc4ccccc4O3)=CC12. The predicted octanol–water partition coefficient (Wildman–Crippen LogP) is 10.1. The summed E-state index contributed by atoms with van der Waals surface area (Å²) in [5.74, 6) is 4.59. The Balaban J connectivity index is 1.40. The molecule has 4 nitrogen and oxygen atoms in total. The van der Waals surface area contributed by atoms with Crippen LogP contribution in [-0.4, -0.2) is 14.2 Å². The van der Waals surface area contributed by atoms with E-state index < -0.39 is 14.2 Å². The molecule has 228 valence electrons. The fourth-order valence-corrected chi connectivity index (χ4v) is 6.95. The largest absolute Gasteiger partial charge is 0.641 e. The molecule has 3 atom stereocenters.